The van der Waals surface area contributed by atoms with E-state index >= 15 is 0 Å². The first-order chi connectivity index (χ1) is 12.4. The van der Waals surface area contributed by atoms with E-state index in [-0.39, 0.29) is 30.0 Å². The zero-order valence-corrected chi connectivity index (χ0v) is 14.7. The van der Waals surface area contributed by atoms with E-state index in [4.69, 9.17) is 4.74 Å². The van der Waals surface area contributed by atoms with E-state index in [9.17, 15) is 18.0 Å². The van der Waals surface area contributed by atoms with E-state index in [0.29, 0.717) is 26.3 Å². The summed E-state index contributed by atoms with van der Waals surface area (Å²) in [7, 11) is 0. The van der Waals surface area contributed by atoms with Crippen molar-refractivity contribution in [1.82, 2.24) is 10.2 Å². The molecule has 0 saturated carbocycles. The first-order valence-corrected chi connectivity index (χ1v) is 9.19. The highest BCUT2D eigenvalue weighted by molar-refractivity contribution is 5.79. The van der Waals surface area contributed by atoms with Crippen molar-refractivity contribution in [3.8, 4) is 0 Å². The Hall–Kier alpha value is -1.60. The Morgan fingerprint density at radius 3 is 2.65 bits per heavy atom. The number of nitrogens with zero attached hydrogens (tertiary/aromatic N) is 1. The van der Waals surface area contributed by atoms with Gasteiger partial charge in [-0.05, 0) is 43.9 Å². The monoisotopic (exact) mass is 370 g/mol. The molecule has 26 heavy (non-hydrogen) atoms. The van der Waals surface area contributed by atoms with E-state index < -0.39 is 11.7 Å². The van der Waals surface area contributed by atoms with Crippen LogP contribution < -0.4 is 5.32 Å². The number of nitrogens with one attached hydrogen (secondary N) is 1. The number of piperidine rings is 1. The predicted molar refractivity (Wildman–Crippen MR) is 91.4 cm³/mol. The first-order valence-electron chi connectivity index (χ1n) is 9.19. The third kappa shape index (κ3) is 4.98. The summed E-state index contributed by atoms with van der Waals surface area (Å²) in [5.41, 5.74) is -0.320. The fourth-order valence-electron chi connectivity index (χ4n) is 3.75. The lowest BCUT2D eigenvalue weighted by atomic mass is 9.95. The van der Waals surface area contributed by atoms with Gasteiger partial charge in [0.15, 0.2) is 0 Å². The number of halogens is 3. The normalized spacial score (nSPS) is 23.0. The number of carbonyl (C=O) groups excluding carboxylic acids is 1. The Labute approximate surface area is 151 Å². The van der Waals surface area contributed by atoms with Gasteiger partial charge in [0.25, 0.3) is 0 Å². The Morgan fingerprint density at radius 2 is 1.92 bits per heavy atom. The van der Waals surface area contributed by atoms with Crippen molar-refractivity contribution in [1.29, 1.82) is 0 Å². The largest absolute Gasteiger partial charge is 0.416 e. The number of hydrogen-bond acceptors (Lipinski definition) is 3. The summed E-state index contributed by atoms with van der Waals surface area (Å²) in [6.07, 6.45) is -1.11. The number of ether oxygens (including phenoxy) is 1. The molecule has 0 radical (unpaired) electrons. The molecule has 3 rings (SSSR count). The molecule has 1 N–H and O–H groups in total. The van der Waals surface area contributed by atoms with E-state index in [1.165, 1.54) is 12.1 Å². The lowest BCUT2D eigenvalue weighted by molar-refractivity contribution is -0.138. The Balaban J connectivity index is 1.59. The quantitative estimate of drug-likeness (QED) is 0.885. The van der Waals surface area contributed by atoms with Crippen LogP contribution in [0.5, 0.6) is 0 Å². The molecule has 2 fully saturated rings. The third-order valence-electron chi connectivity index (χ3n) is 5.16. The molecular formula is C19H25F3N2O2. The van der Waals surface area contributed by atoms with Crippen LogP contribution in [0.2, 0.25) is 0 Å². The highest BCUT2D eigenvalue weighted by Crippen LogP contribution is 2.33. The number of hydrogen-bond donors (Lipinski definition) is 1. The van der Waals surface area contributed by atoms with Crippen molar-refractivity contribution < 1.29 is 22.7 Å². The van der Waals surface area contributed by atoms with Crippen LogP contribution in [0.15, 0.2) is 24.3 Å². The number of likely N-dealkylation sites (tertiary alicyclic amines) is 1. The van der Waals surface area contributed by atoms with Gasteiger partial charge in [-0.3, -0.25) is 9.69 Å². The van der Waals surface area contributed by atoms with Crippen molar-refractivity contribution in [2.24, 2.45) is 5.92 Å². The summed E-state index contributed by atoms with van der Waals surface area (Å²) in [6.45, 7) is 2.76. The van der Waals surface area contributed by atoms with Gasteiger partial charge in [0.05, 0.1) is 11.5 Å². The summed E-state index contributed by atoms with van der Waals surface area (Å²) in [6, 6.07) is 5.83. The smallest absolute Gasteiger partial charge is 0.381 e. The highest BCUT2D eigenvalue weighted by Gasteiger charge is 2.34. The molecule has 2 aliphatic rings. The van der Waals surface area contributed by atoms with Gasteiger partial charge in [0.1, 0.15) is 0 Å². The van der Waals surface area contributed by atoms with Crippen LogP contribution in [-0.2, 0) is 22.3 Å². The van der Waals surface area contributed by atoms with E-state index in [0.717, 1.165) is 31.7 Å². The van der Waals surface area contributed by atoms with E-state index in [2.05, 4.69) is 5.32 Å². The van der Waals surface area contributed by atoms with Crippen molar-refractivity contribution in [3.05, 3.63) is 35.4 Å². The lowest BCUT2D eigenvalue weighted by Crippen LogP contribution is -2.47. The topological polar surface area (TPSA) is 41.6 Å². The van der Waals surface area contributed by atoms with Crippen LogP contribution in [0.4, 0.5) is 13.2 Å². The summed E-state index contributed by atoms with van der Waals surface area (Å²) >= 11 is 0. The Bertz CT molecular complexity index is 615. The second kappa shape index (κ2) is 8.39. The average Bonchev–Trinajstić information content (AvgIpc) is 2.62. The van der Waals surface area contributed by atoms with Crippen molar-refractivity contribution in [3.63, 3.8) is 0 Å². The molecule has 4 nitrogen and oxygen atoms in total. The van der Waals surface area contributed by atoms with Gasteiger partial charge in [-0.1, -0.05) is 18.2 Å². The lowest BCUT2D eigenvalue weighted by Gasteiger charge is -2.34. The molecular weight excluding hydrogens is 345 g/mol. The van der Waals surface area contributed by atoms with Gasteiger partial charge in [-0.25, -0.2) is 0 Å². The molecule has 0 bridgehead atoms. The standard InChI is InChI=1S/C19H25F3N2O2/c20-19(21,22)17-6-2-1-4-14(17)12-24-9-3-5-15(13-24)18(25)23-16-7-10-26-11-8-16/h1-2,4,6,15-16H,3,5,7-13H2,(H,23,25). The fourth-order valence-corrected chi connectivity index (χ4v) is 3.75. The fraction of sp³-hybridized carbons (Fsp3) is 0.632. The van der Waals surface area contributed by atoms with Gasteiger partial charge in [-0.15, -0.1) is 0 Å². The maximum atomic E-state index is 13.2. The summed E-state index contributed by atoms with van der Waals surface area (Å²) in [5.74, 6) is -0.143. The molecule has 0 aromatic heterocycles. The average molecular weight is 370 g/mol. The van der Waals surface area contributed by atoms with Crippen molar-refractivity contribution >= 4 is 5.91 Å². The van der Waals surface area contributed by atoms with Crippen LogP contribution in [0.1, 0.15) is 36.8 Å². The minimum absolute atomic E-state index is 0.0192. The minimum Gasteiger partial charge on any atom is -0.381 e. The van der Waals surface area contributed by atoms with Crippen LogP contribution in [-0.4, -0.2) is 43.2 Å². The van der Waals surface area contributed by atoms with Gasteiger partial charge in [0, 0.05) is 32.3 Å². The molecule has 7 heteroatoms. The molecule has 1 unspecified atom stereocenters. The van der Waals surface area contributed by atoms with E-state index in [1.807, 2.05) is 4.90 Å². The molecule has 2 heterocycles. The Kier molecular flexibility index (Phi) is 6.19. The molecule has 1 amide bonds. The molecule has 2 aliphatic heterocycles. The van der Waals surface area contributed by atoms with Crippen LogP contribution in [0.25, 0.3) is 0 Å². The zero-order chi connectivity index (χ0) is 18.6. The second-order valence-corrected chi connectivity index (χ2v) is 7.12. The molecule has 144 valence electrons. The number of alkyl halides is 3. The highest BCUT2D eigenvalue weighted by atomic mass is 19.4. The number of carbonyl (C=O) groups is 1. The summed E-state index contributed by atoms with van der Waals surface area (Å²) < 4.78 is 44.8. The van der Waals surface area contributed by atoms with Gasteiger partial charge in [0.2, 0.25) is 5.91 Å². The number of benzene rings is 1. The molecule has 0 spiro atoms. The summed E-state index contributed by atoms with van der Waals surface area (Å²) in [4.78, 5) is 14.5. The maximum Gasteiger partial charge on any atom is 0.416 e. The van der Waals surface area contributed by atoms with Crippen LogP contribution in [0.3, 0.4) is 0 Å². The van der Waals surface area contributed by atoms with Gasteiger partial charge in [-0.2, -0.15) is 13.2 Å². The summed E-state index contributed by atoms with van der Waals surface area (Å²) in [5, 5.41) is 3.08. The SMILES string of the molecule is O=C(NC1CCOCC1)C1CCCN(Cc2ccccc2C(F)(F)F)C1. The first kappa shape index (κ1) is 19.2. The molecule has 0 aliphatic carbocycles. The zero-order valence-electron chi connectivity index (χ0n) is 14.7. The Morgan fingerprint density at radius 1 is 1.19 bits per heavy atom. The maximum absolute atomic E-state index is 13.2. The van der Waals surface area contributed by atoms with Crippen molar-refractivity contribution in [2.45, 2.75) is 44.4 Å². The molecule has 1 atom stereocenters. The predicted octanol–water partition coefficient (Wildman–Crippen LogP) is 3.21. The molecule has 2 saturated heterocycles. The molecule has 1 aromatic rings. The van der Waals surface area contributed by atoms with Gasteiger partial charge < -0.3 is 10.1 Å². The second-order valence-electron chi connectivity index (χ2n) is 7.12. The van der Waals surface area contributed by atoms with Gasteiger partial charge >= 0.3 is 6.18 Å². The van der Waals surface area contributed by atoms with E-state index in [1.54, 1.807) is 6.07 Å². The van der Waals surface area contributed by atoms with Crippen LogP contribution >= 0.6 is 0 Å². The van der Waals surface area contributed by atoms with Crippen molar-refractivity contribution in [2.75, 3.05) is 26.3 Å². The van der Waals surface area contributed by atoms with Crippen LogP contribution in [0, 0.1) is 5.92 Å². The molecule has 1 aromatic carbocycles. The number of rotatable bonds is 4. The number of amides is 1. The third-order valence-corrected chi connectivity index (χ3v) is 5.16. The minimum atomic E-state index is -4.35.